The summed E-state index contributed by atoms with van der Waals surface area (Å²) in [6, 6.07) is -0.572. The Morgan fingerprint density at radius 3 is 2.15 bits per heavy atom. The fourth-order valence-corrected chi connectivity index (χ4v) is 1.99. The Labute approximate surface area is 101 Å². The van der Waals surface area contributed by atoms with Crippen LogP contribution in [0.3, 0.4) is 0 Å². The van der Waals surface area contributed by atoms with E-state index in [4.69, 9.17) is 58.0 Å². The molecule has 0 aromatic heterocycles. The molecule has 0 aliphatic carbocycles. The zero-order valence-electron chi connectivity index (χ0n) is 6.24. The molecule has 0 radical (unpaired) electrons. The Kier molecular flexibility index (Phi) is 4.01. The van der Waals surface area contributed by atoms with Crippen molar-refractivity contribution in [1.82, 2.24) is 5.32 Å². The van der Waals surface area contributed by atoms with E-state index in [2.05, 4.69) is 5.32 Å². The summed E-state index contributed by atoms with van der Waals surface area (Å²) in [6.45, 7) is 0. The number of hydrogen-bond acceptors (Lipinski definition) is 2. The first-order chi connectivity index (χ1) is 5.82. The molecule has 0 aromatic rings. The largest absolute Gasteiger partial charge is 0.293 e. The van der Waals surface area contributed by atoms with Gasteiger partial charge >= 0.3 is 0 Å². The maximum Gasteiger partial charge on any atom is 0.250 e. The van der Waals surface area contributed by atoms with Crippen LogP contribution >= 0.6 is 58.0 Å². The number of ketones is 1. The van der Waals surface area contributed by atoms with E-state index in [1.807, 2.05) is 0 Å². The summed E-state index contributed by atoms with van der Waals surface area (Å²) in [5.74, 6) is -0.522. The van der Waals surface area contributed by atoms with Gasteiger partial charge in [-0.05, 0) is 6.42 Å². The second kappa shape index (κ2) is 4.30. The monoisotopic (exact) mass is 283 g/mol. The lowest BCUT2D eigenvalue weighted by Crippen LogP contribution is -2.40. The number of alkyl halides is 5. The first kappa shape index (κ1) is 12.2. The van der Waals surface area contributed by atoms with Crippen molar-refractivity contribution in [3.63, 3.8) is 0 Å². The number of carbonyl (C=O) groups excluding carboxylic acids is 1. The summed E-state index contributed by atoms with van der Waals surface area (Å²) in [6.07, 6.45) is 0.377. The highest BCUT2D eigenvalue weighted by molar-refractivity contribution is 6.76. The van der Waals surface area contributed by atoms with Gasteiger partial charge in [-0.3, -0.25) is 10.1 Å². The Morgan fingerprint density at radius 1 is 1.31 bits per heavy atom. The zero-order chi connectivity index (χ0) is 10.2. The van der Waals surface area contributed by atoms with Crippen molar-refractivity contribution in [2.45, 2.75) is 27.1 Å². The standard InChI is InChI=1S/C6H6Cl5NO/c7-2-1-3(12-5(2)8)4(13)6(9,10)11/h2-3,5,12H,1H2. The lowest BCUT2D eigenvalue weighted by molar-refractivity contribution is -0.119. The fourth-order valence-electron chi connectivity index (χ4n) is 1.09. The third kappa shape index (κ3) is 3.01. The summed E-state index contributed by atoms with van der Waals surface area (Å²) in [7, 11) is 0. The van der Waals surface area contributed by atoms with Gasteiger partial charge in [0.15, 0.2) is 0 Å². The molecule has 1 aliphatic heterocycles. The van der Waals surface area contributed by atoms with Crippen LogP contribution in [0.1, 0.15) is 6.42 Å². The molecule has 1 fully saturated rings. The van der Waals surface area contributed by atoms with E-state index < -0.39 is 21.1 Å². The third-order valence-corrected chi connectivity index (χ3v) is 3.28. The van der Waals surface area contributed by atoms with Gasteiger partial charge in [0, 0.05) is 0 Å². The van der Waals surface area contributed by atoms with E-state index in [1.165, 1.54) is 0 Å². The van der Waals surface area contributed by atoms with Crippen LogP contribution in [0.15, 0.2) is 0 Å². The molecule has 1 rings (SSSR count). The van der Waals surface area contributed by atoms with E-state index >= 15 is 0 Å². The third-order valence-electron chi connectivity index (χ3n) is 1.73. The van der Waals surface area contributed by atoms with Crippen molar-refractivity contribution in [2.75, 3.05) is 0 Å². The molecule has 1 N–H and O–H groups in total. The lowest BCUT2D eigenvalue weighted by atomic mass is 10.1. The summed E-state index contributed by atoms with van der Waals surface area (Å²) >= 11 is 27.7. The first-order valence-electron chi connectivity index (χ1n) is 3.47. The Bertz CT molecular complexity index is 206. The van der Waals surface area contributed by atoms with Crippen molar-refractivity contribution in [3.8, 4) is 0 Å². The SMILES string of the molecule is O=C(C1CC(Cl)C(Cl)N1)C(Cl)(Cl)Cl. The summed E-state index contributed by atoms with van der Waals surface area (Å²) in [4.78, 5) is 11.4. The summed E-state index contributed by atoms with van der Waals surface area (Å²) in [5, 5.41) is 2.42. The molecule has 1 aliphatic rings. The molecule has 0 spiro atoms. The summed E-state index contributed by atoms with van der Waals surface area (Å²) in [5.41, 5.74) is -0.456. The number of Topliss-reactive ketones (excluding diaryl/α,β-unsaturated/α-hetero) is 1. The van der Waals surface area contributed by atoms with Crippen molar-refractivity contribution in [1.29, 1.82) is 0 Å². The van der Waals surface area contributed by atoms with Crippen LogP contribution in [0.5, 0.6) is 0 Å². The normalized spacial score (nSPS) is 35.0. The van der Waals surface area contributed by atoms with Crippen LogP contribution in [-0.2, 0) is 4.79 Å². The smallest absolute Gasteiger partial charge is 0.250 e. The Hall–Kier alpha value is 1.08. The van der Waals surface area contributed by atoms with Crippen molar-refractivity contribution in [3.05, 3.63) is 0 Å². The van der Waals surface area contributed by atoms with E-state index in [9.17, 15) is 4.79 Å². The summed E-state index contributed by atoms with van der Waals surface area (Å²) < 4.78 is -1.91. The van der Waals surface area contributed by atoms with Crippen LogP contribution in [0.2, 0.25) is 0 Å². The van der Waals surface area contributed by atoms with Crippen molar-refractivity contribution >= 4 is 63.8 Å². The molecule has 3 atom stereocenters. The Morgan fingerprint density at radius 2 is 1.85 bits per heavy atom. The van der Waals surface area contributed by atoms with Crippen LogP contribution < -0.4 is 5.32 Å². The highest BCUT2D eigenvalue weighted by Gasteiger charge is 2.42. The van der Waals surface area contributed by atoms with E-state index in [-0.39, 0.29) is 5.38 Å². The van der Waals surface area contributed by atoms with Crippen LogP contribution in [0.4, 0.5) is 0 Å². The maximum absolute atomic E-state index is 11.4. The van der Waals surface area contributed by atoms with Crippen LogP contribution in [0.25, 0.3) is 0 Å². The highest BCUT2D eigenvalue weighted by atomic mass is 35.6. The highest BCUT2D eigenvalue weighted by Crippen LogP contribution is 2.32. The molecule has 1 heterocycles. The predicted molar refractivity (Wildman–Crippen MR) is 56.1 cm³/mol. The molecule has 2 nitrogen and oxygen atoms in total. The topological polar surface area (TPSA) is 29.1 Å². The average Bonchev–Trinajstić information content (AvgIpc) is 2.29. The minimum atomic E-state index is -1.91. The predicted octanol–water partition coefficient (Wildman–Crippen LogP) is 2.46. The van der Waals surface area contributed by atoms with Gasteiger partial charge in [-0.25, -0.2) is 0 Å². The van der Waals surface area contributed by atoms with E-state index in [0.29, 0.717) is 6.42 Å². The number of rotatable bonds is 1. The van der Waals surface area contributed by atoms with Crippen LogP contribution in [0, 0.1) is 0 Å². The molecular formula is C6H6Cl5NO. The van der Waals surface area contributed by atoms with Gasteiger partial charge < -0.3 is 0 Å². The molecule has 3 unspecified atom stereocenters. The average molecular weight is 285 g/mol. The molecule has 7 heteroatoms. The number of nitrogens with one attached hydrogen (secondary N) is 1. The molecule has 76 valence electrons. The van der Waals surface area contributed by atoms with Crippen molar-refractivity contribution < 1.29 is 4.79 Å². The minimum absolute atomic E-state index is 0.317. The maximum atomic E-state index is 11.4. The number of halogens is 5. The number of carbonyl (C=O) groups is 1. The van der Waals surface area contributed by atoms with Gasteiger partial charge in [-0.2, -0.15) is 0 Å². The Balaban J connectivity index is 2.61. The molecule has 0 amide bonds. The fraction of sp³-hybridized carbons (Fsp3) is 0.833. The molecule has 1 saturated heterocycles. The quantitative estimate of drug-likeness (QED) is 0.592. The second-order valence-electron chi connectivity index (χ2n) is 2.73. The van der Waals surface area contributed by atoms with Gasteiger partial charge in [-0.15, -0.1) is 23.2 Å². The molecule has 13 heavy (non-hydrogen) atoms. The minimum Gasteiger partial charge on any atom is -0.293 e. The van der Waals surface area contributed by atoms with Crippen LogP contribution in [-0.4, -0.2) is 26.5 Å². The zero-order valence-corrected chi connectivity index (χ0v) is 10.0. The van der Waals surface area contributed by atoms with Gasteiger partial charge in [0.25, 0.3) is 0 Å². The molecular weight excluding hydrogens is 279 g/mol. The molecule has 0 aromatic carbocycles. The second-order valence-corrected chi connectivity index (χ2v) is 6.05. The number of hydrogen-bond donors (Lipinski definition) is 1. The van der Waals surface area contributed by atoms with Gasteiger partial charge in [0.2, 0.25) is 9.58 Å². The van der Waals surface area contributed by atoms with Gasteiger partial charge in [-0.1, -0.05) is 34.8 Å². The molecule has 0 bridgehead atoms. The first-order valence-corrected chi connectivity index (χ1v) is 5.48. The van der Waals surface area contributed by atoms with Gasteiger partial charge in [0.1, 0.15) is 0 Å². The van der Waals surface area contributed by atoms with Crippen molar-refractivity contribution in [2.24, 2.45) is 0 Å². The lowest BCUT2D eigenvalue weighted by Gasteiger charge is -2.15. The van der Waals surface area contributed by atoms with E-state index in [1.54, 1.807) is 0 Å². The van der Waals surface area contributed by atoms with E-state index in [0.717, 1.165) is 0 Å². The molecule has 0 saturated carbocycles. The van der Waals surface area contributed by atoms with Gasteiger partial charge in [0.05, 0.1) is 16.9 Å².